The first-order chi connectivity index (χ1) is 9.16. The van der Waals surface area contributed by atoms with Crippen molar-refractivity contribution in [3.63, 3.8) is 0 Å². The van der Waals surface area contributed by atoms with Gasteiger partial charge < -0.3 is 9.80 Å². The normalized spacial score (nSPS) is 30.3. The lowest BCUT2D eigenvalue weighted by molar-refractivity contribution is 0.0995. The van der Waals surface area contributed by atoms with Gasteiger partial charge in [-0.15, -0.1) is 0 Å². The molecule has 0 unspecified atom stereocenters. The SMILES string of the molecule is CC(C)N1CCN2C(=O)N(C3CCCCC3)C[C@H]2C1. The van der Waals surface area contributed by atoms with Crippen molar-refractivity contribution in [1.29, 1.82) is 0 Å². The zero-order valence-electron chi connectivity index (χ0n) is 12.3. The number of carbonyl (C=O) groups excluding carboxylic acids is 1. The van der Waals surface area contributed by atoms with Crippen molar-refractivity contribution in [2.24, 2.45) is 0 Å². The Hall–Kier alpha value is -0.770. The minimum Gasteiger partial charge on any atom is -0.320 e. The lowest BCUT2D eigenvalue weighted by Crippen LogP contribution is -2.53. The Balaban J connectivity index is 1.66. The van der Waals surface area contributed by atoms with Gasteiger partial charge in [0.25, 0.3) is 0 Å². The second-order valence-electron chi connectivity index (χ2n) is 6.66. The molecule has 0 bridgehead atoms. The lowest BCUT2D eigenvalue weighted by Gasteiger charge is -2.38. The summed E-state index contributed by atoms with van der Waals surface area (Å²) >= 11 is 0. The van der Waals surface area contributed by atoms with Crippen LogP contribution in [0.3, 0.4) is 0 Å². The Labute approximate surface area is 116 Å². The summed E-state index contributed by atoms with van der Waals surface area (Å²) in [5.41, 5.74) is 0. The van der Waals surface area contributed by atoms with E-state index < -0.39 is 0 Å². The molecule has 108 valence electrons. The zero-order valence-corrected chi connectivity index (χ0v) is 12.3. The fourth-order valence-electron chi connectivity index (χ4n) is 3.92. The van der Waals surface area contributed by atoms with E-state index in [1.165, 1.54) is 32.1 Å². The van der Waals surface area contributed by atoms with Gasteiger partial charge in [-0.25, -0.2) is 4.79 Å². The van der Waals surface area contributed by atoms with Crippen LogP contribution in [0.2, 0.25) is 0 Å². The highest BCUT2D eigenvalue weighted by molar-refractivity contribution is 5.77. The quantitative estimate of drug-likeness (QED) is 0.765. The first-order valence-electron chi connectivity index (χ1n) is 7.98. The molecule has 0 aromatic carbocycles. The van der Waals surface area contributed by atoms with Gasteiger partial charge in [-0.2, -0.15) is 0 Å². The molecule has 0 radical (unpaired) electrons. The van der Waals surface area contributed by atoms with Crippen LogP contribution in [0.25, 0.3) is 0 Å². The molecule has 3 aliphatic rings. The van der Waals surface area contributed by atoms with Gasteiger partial charge in [0.1, 0.15) is 0 Å². The van der Waals surface area contributed by atoms with Crippen LogP contribution < -0.4 is 0 Å². The average molecular weight is 265 g/mol. The van der Waals surface area contributed by atoms with E-state index in [4.69, 9.17) is 0 Å². The van der Waals surface area contributed by atoms with Crippen molar-refractivity contribution < 1.29 is 4.79 Å². The van der Waals surface area contributed by atoms with Crippen molar-refractivity contribution in [3.8, 4) is 0 Å². The average Bonchev–Trinajstić information content (AvgIpc) is 2.76. The number of hydrogen-bond acceptors (Lipinski definition) is 2. The van der Waals surface area contributed by atoms with E-state index in [-0.39, 0.29) is 0 Å². The number of fused-ring (bicyclic) bond motifs is 1. The summed E-state index contributed by atoms with van der Waals surface area (Å²) in [7, 11) is 0. The van der Waals surface area contributed by atoms with Crippen LogP contribution in [0.15, 0.2) is 0 Å². The fraction of sp³-hybridized carbons (Fsp3) is 0.933. The summed E-state index contributed by atoms with van der Waals surface area (Å²) in [4.78, 5) is 19.4. The van der Waals surface area contributed by atoms with Gasteiger partial charge in [0, 0.05) is 38.3 Å². The van der Waals surface area contributed by atoms with Gasteiger partial charge in [-0.1, -0.05) is 19.3 Å². The molecule has 3 rings (SSSR count). The number of hydrogen-bond donors (Lipinski definition) is 0. The minimum absolute atomic E-state index is 0.320. The first kappa shape index (κ1) is 13.2. The van der Waals surface area contributed by atoms with Crippen molar-refractivity contribution in [1.82, 2.24) is 14.7 Å². The zero-order chi connectivity index (χ0) is 13.4. The van der Waals surface area contributed by atoms with Gasteiger partial charge in [-0.05, 0) is 26.7 Å². The van der Waals surface area contributed by atoms with Crippen LogP contribution in [0, 0.1) is 0 Å². The van der Waals surface area contributed by atoms with Gasteiger partial charge in [-0.3, -0.25) is 4.90 Å². The highest BCUT2D eigenvalue weighted by atomic mass is 16.2. The molecule has 0 aromatic heterocycles. The maximum Gasteiger partial charge on any atom is 0.320 e. The van der Waals surface area contributed by atoms with Crippen LogP contribution in [0.1, 0.15) is 46.0 Å². The largest absolute Gasteiger partial charge is 0.320 e. The van der Waals surface area contributed by atoms with Crippen LogP contribution in [-0.4, -0.2) is 65.0 Å². The molecule has 3 fully saturated rings. The standard InChI is InChI=1S/C15H27N3O/c1-12(2)16-8-9-17-14(10-16)11-18(15(17)19)13-6-4-3-5-7-13/h12-14H,3-11H2,1-2H3/t14-/m1/s1. The molecule has 19 heavy (non-hydrogen) atoms. The molecule has 2 aliphatic heterocycles. The number of urea groups is 1. The lowest BCUT2D eigenvalue weighted by atomic mass is 9.94. The van der Waals surface area contributed by atoms with E-state index in [1.54, 1.807) is 0 Å². The Morgan fingerprint density at radius 2 is 1.68 bits per heavy atom. The Morgan fingerprint density at radius 1 is 0.947 bits per heavy atom. The number of rotatable bonds is 2. The van der Waals surface area contributed by atoms with E-state index in [2.05, 4.69) is 28.5 Å². The highest BCUT2D eigenvalue weighted by Gasteiger charge is 2.43. The summed E-state index contributed by atoms with van der Waals surface area (Å²) in [6, 6.07) is 1.88. The molecule has 1 saturated carbocycles. The molecule has 2 amide bonds. The molecule has 1 atom stereocenters. The third-order valence-corrected chi connectivity index (χ3v) is 5.16. The molecule has 2 saturated heterocycles. The van der Waals surface area contributed by atoms with Crippen molar-refractivity contribution in [3.05, 3.63) is 0 Å². The summed E-state index contributed by atoms with van der Waals surface area (Å²) in [6.07, 6.45) is 6.40. The number of piperazine rings is 1. The smallest absolute Gasteiger partial charge is 0.320 e. The predicted octanol–water partition coefficient (Wildman–Crippen LogP) is 2.15. The second kappa shape index (κ2) is 5.31. The molecule has 4 nitrogen and oxygen atoms in total. The fourth-order valence-corrected chi connectivity index (χ4v) is 3.92. The molecule has 0 spiro atoms. The Kier molecular flexibility index (Phi) is 3.70. The number of amides is 2. The maximum absolute atomic E-state index is 12.5. The molecule has 0 N–H and O–H groups in total. The van der Waals surface area contributed by atoms with E-state index in [0.717, 1.165) is 26.2 Å². The Bertz CT molecular complexity index is 338. The molecular weight excluding hydrogens is 238 g/mol. The number of carbonyl (C=O) groups is 1. The second-order valence-corrected chi connectivity index (χ2v) is 6.66. The minimum atomic E-state index is 0.320. The summed E-state index contributed by atoms with van der Waals surface area (Å²) in [6.45, 7) is 8.50. The van der Waals surface area contributed by atoms with Crippen molar-refractivity contribution >= 4 is 6.03 Å². The van der Waals surface area contributed by atoms with Crippen molar-refractivity contribution in [2.45, 2.75) is 64.1 Å². The van der Waals surface area contributed by atoms with Crippen LogP contribution >= 0.6 is 0 Å². The van der Waals surface area contributed by atoms with E-state index in [1.807, 2.05) is 0 Å². The topological polar surface area (TPSA) is 26.8 Å². The van der Waals surface area contributed by atoms with Gasteiger partial charge >= 0.3 is 6.03 Å². The maximum atomic E-state index is 12.5. The number of nitrogens with zero attached hydrogens (tertiary/aromatic N) is 3. The Morgan fingerprint density at radius 3 is 2.37 bits per heavy atom. The monoisotopic (exact) mass is 265 g/mol. The van der Waals surface area contributed by atoms with Crippen LogP contribution in [-0.2, 0) is 0 Å². The van der Waals surface area contributed by atoms with Gasteiger partial charge in [0.2, 0.25) is 0 Å². The molecule has 0 aromatic rings. The third-order valence-electron chi connectivity index (χ3n) is 5.16. The van der Waals surface area contributed by atoms with E-state index in [0.29, 0.717) is 24.2 Å². The van der Waals surface area contributed by atoms with Gasteiger partial charge in [0.05, 0.1) is 6.04 Å². The van der Waals surface area contributed by atoms with E-state index >= 15 is 0 Å². The van der Waals surface area contributed by atoms with Gasteiger partial charge in [0.15, 0.2) is 0 Å². The molecule has 2 heterocycles. The predicted molar refractivity (Wildman–Crippen MR) is 76.2 cm³/mol. The first-order valence-corrected chi connectivity index (χ1v) is 7.98. The molecule has 4 heteroatoms. The summed E-state index contributed by atoms with van der Waals surface area (Å²) in [5, 5.41) is 0. The molecule has 1 aliphatic carbocycles. The summed E-state index contributed by atoms with van der Waals surface area (Å²) in [5.74, 6) is 0. The van der Waals surface area contributed by atoms with Crippen LogP contribution in [0.4, 0.5) is 4.79 Å². The van der Waals surface area contributed by atoms with E-state index in [9.17, 15) is 4.79 Å². The third kappa shape index (κ3) is 2.47. The van der Waals surface area contributed by atoms with Crippen molar-refractivity contribution in [2.75, 3.05) is 26.2 Å². The molecular formula is C15H27N3O. The summed E-state index contributed by atoms with van der Waals surface area (Å²) < 4.78 is 0. The van der Waals surface area contributed by atoms with Crippen LogP contribution in [0.5, 0.6) is 0 Å². The highest BCUT2D eigenvalue weighted by Crippen LogP contribution is 2.29.